The first kappa shape index (κ1) is 11.1. The molecular formula is C13H15ClN2O. The van der Waals surface area contributed by atoms with E-state index < -0.39 is 0 Å². The van der Waals surface area contributed by atoms with E-state index in [1.54, 1.807) is 0 Å². The lowest BCUT2D eigenvalue weighted by molar-refractivity contribution is -0.122. The van der Waals surface area contributed by atoms with E-state index in [0.717, 1.165) is 36.9 Å². The number of amides is 1. The van der Waals surface area contributed by atoms with Crippen molar-refractivity contribution in [2.24, 2.45) is 5.73 Å². The van der Waals surface area contributed by atoms with Crippen LogP contribution in [0.2, 0.25) is 5.02 Å². The van der Waals surface area contributed by atoms with Gasteiger partial charge in [0.2, 0.25) is 5.91 Å². The molecule has 0 bridgehead atoms. The number of hydrogen-bond donors (Lipinski definition) is 2. The minimum Gasteiger partial charge on any atom is -0.328 e. The van der Waals surface area contributed by atoms with Crippen LogP contribution in [0.1, 0.15) is 31.2 Å². The predicted octanol–water partition coefficient (Wildman–Crippen LogP) is 2.43. The summed E-state index contributed by atoms with van der Waals surface area (Å²) in [6.45, 7) is 0. The van der Waals surface area contributed by atoms with E-state index in [4.69, 9.17) is 17.3 Å². The monoisotopic (exact) mass is 250 g/mol. The number of rotatable bonds is 0. The van der Waals surface area contributed by atoms with Crippen molar-refractivity contribution in [1.82, 2.24) is 0 Å². The Hall–Kier alpha value is -1.06. The molecule has 3 rings (SSSR count). The maximum atomic E-state index is 12.2. The number of fused-ring (bicyclic) bond motifs is 2. The molecule has 3 nitrogen and oxygen atoms in total. The molecule has 0 saturated heterocycles. The van der Waals surface area contributed by atoms with Crippen LogP contribution in [0.25, 0.3) is 0 Å². The van der Waals surface area contributed by atoms with Gasteiger partial charge >= 0.3 is 0 Å². The summed E-state index contributed by atoms with van der Waals surface area (Å²) in [5.74, 6) is 0.113. The molecule has 90 valence electrons. The van der Waals surface area contributed by atoms with E-state index in [1.165, 1.54) is 0 Å². The van der Waals surface area contributed by atoms with Gasteiger partial charge in [0.25, 0.3) is 0 Å². The predicted molar refractivity (Wildman–Crippen MR) is 68.2 cm³/mol. The van der Waals surface area contributed by atoms with Gasteiger partial charge in [0.15, 0.2) is 0 Å². The van der Waals surface area contributed by atoms with Crippen LogP contribution in [0.15, 0.2) is 18.2 Å². The lowest BCUT2D eigenvalue weighted by Gasteiger charge is -2.34. The number of nitrogens with two attached hydrogens (primary N) is 1. The number of carbonyl (C=O) groups is 1. The van der Waals surface area contributed by atoms with E-state index in [-0.39, 0.29) is 17.4 Å². The van der Waals surface area contributed by atoms with Gasteiger partial charge in [-0.1, -0.05) is 11.6 Å². The third-order valence-corrected chi connectivity index (χ3v) is 4.30. The second kappa shape index (κ2) is 3.72. The van der Waals surface area contributed by atoms with Crippen LogP contribution in [-0.2, 0) is 10.2 Å². The number of benzene rings is 1. The number of hydrogen-bond acceptors (Lipinski definition) is 2. The fourth-order valence-electron chi connectivity index (χ4n) is 3.01. The largest absolute Gasteiger partial charge is 0.328 e. The summed E-state index contributed by atoms with van der Waals surface area (Å²) < 4.78 is 0. The van der Waals surface area contributed by atoms with Crippen LogP contribution in [0, 0.1) is 0 Å². The van der Waals surface area contributed by atoms with Crippen LogP contribution in [0.4, 0.5) is 5.69 Å². The molecule has 4 heteroatoms. The molecule has 1 fully saturated rings. The summed E-state index contributed by atoms with van der Waals surface area (Å²) in [6, 6.07) is 5.86. The Labute approximate surface area is 105 Å². The van der Waals surface area contributed by atoms with Crippen LogP contribution in [-0.4, -0.2) is 11.9 Å². The third kappa shape index (κ3) is 1.57. The standard InChI is InChI=1S/C13H15ClN2O/c14-8-1-2-11-10(7-8)13(12(17)16-11)5-3-9(15)4-6-13/h1-2,7,9H,3-6,15H2,(H,16,17). The highest BCUT2D eigenvalue weighted by atomic mass is 35.5. The highest BCUT2D eigenvalue weighted by Crippen LogP contribution is 2.47. The van der Waals surface area contributed by atoms with E-state index in [0.29, 0.717) is 5.02 Å². The molecule has 1 spiro atoms. The zero-order valence-corrected chi connectivity index (χ0v) is 10.3. The average Bonchev–Trinajstić information content (AvgIpc) is 2.57. The van der Waals surface area contributed by atoms with Crippen LogP contribution >= 0.6 is 11.6 Å². The Balaban J connectivity index is 2.06. The van der Waals surface area contributed by atoms with Crippen molar-refractivity contribution < 1.29 is 4.79 Å². The average molecular weight is 251 g/mol. The quantitative estimate of drug-likeness (QED) is 0.743. The molecule has 1 aromatic rings. The third-order valence-electron chi connectivity index (χ3n) is 4.06. The highest BCUT2D eigenvalue weighted by molar-refractivity contribution is 6.31. The summed E-state index contributed by atoms with van der Waals surface area (Å²) in [4.78, 5) is 12.2. The lowest BCUT2D eigenvalue weighted by Crippen LogP contribution is -2.41. The zero-order valence-electron chi connectivity index (χ0n) is 9.50. The van der Waals surface area contributed by atoms with Crippen LogP contribution in [0.3, 0.4) is 0 Å². The van der Waals surface area contributed by atoms with Crippen molar-refractivity contribution in [3.05, 3.63) is 28.8 Å². The first-order valence-corrected chi connectivity index (χ1v) is 6.37. The van der Waals surface area contributed by atoms with Gasteiger partial charge in [-0.3, -0.25) is 4.79 Å². The minimum atomic E-state index is -0.379. The van der Waals surface area contributed by atoms with E-state index in [1.807, 2.05) is 18.2 Å². The van der Waals surface area contributed by atoms with Gasteiger partial charge in [-0.05, 0) is 49.4 Å². The molecule has 0 radical (unpaired) electrons. The second-order valence-electron chi connectivity index (χ2n) is 5.06. The first-order chi connectivity index (χ1) is 8.12. The summed E-state index contributed by atoms with van der Waals surface area (Å²) in [5.41, 5.74) is 7.51. The molecule has 17 heavy (non-hydrogen) atoms. The molecule has 0 atom stereocenters. The summed E-state index contributed by atoms with van der Waals surface area (Å²) >= 11 is 6.04. The lowest BCUT2D eigenvalue weighted by atomic mass is 9.69. The van der Waals surface area contributed by atoms with Gasteiger partial charge in [-0.2, -0.15) is 0 Å². The molecule has 0 aromatic heterocycles. The van der Waals surface area contributed by atoms with Crippen molar-refractivity contribution in [3.8, 4) is 0 Å². The molecule has 1 aromatic carbocycles. The number of anilines is 1. The first-order valence-electron chi connectivity index (χ1n) is 5.99. The van der Waals surface area contributed by atoms with Gasteiger partial charge in [-0.25, -0.2) is 0 Å². The number of carbonyl (C=O) groups excluding carboxylic acids is 1. The van der Waals surface area contributed by atoms with E-state index >= 15 is 0 Å². The molecule has 3 N–H and O–H groups in total. The normalized spacial score (nSPS) is 31.4. The van der Waals surface area contributed by atoms with Gasteiger partial charge in [0, 0.05) is 16.8 Å². The molecule has 1 saturated carbocycles. The van der Waals surface area contributed by atoms with Gasteiger partial charge in [0.05, 0.1) is 5.41 Å². The van der Waals surface area contributed by atoms with Crippen molar-refractivity contribution in [1.29, 1.82) is 0 Å². The Morgan fingerprint density at radius 2 is 2.06 bits per heavy atom. The van der Waals surface area contributed by atoms with Gasteiger partial charge in [-0.15, -0.1) is 0 Å². The van der Waals surface area contributed by atoms with E-state index in [9.17, 15) is 4.79 Å². The molecule has 1 aliphatic heterocycles. The summed E-state index contributed by atoms with van der Waals surface area (Å²) in [6.07, 6.45) is 3.46. The maximum Gasteiger partial charge on any atom is 0.235 e. The topological polar surface area (TPSA) is 55.1 Å². The SMILES string of the molecule is NC1CCC2(CC1)C(=O)Nc1ccc(Cl)cc12. The van der Waals surface area contributed by atoms with Crippen molar-refractivity contribution in [2.45, 2.75) is 37.1 Å². The van der Waals surface area contributed by atoms with Crippen LogP contribution in [0.5, 0.6) is 0 Å². The fraction of sp³-hybridized carbons (Fsp3) is 0.462. The van der Waals surface area contributed by atoms with Gasteiger partial charge in [0.1, 0.15) is 0 Å². The van der Waals surface area contributed by atoms with E-state index in [2.05, 4.69) is 5.32 Å². The molecule has 0 unspecified atom stereocenters. The summed E-state index contributed by atoms with van der Waals surface area (Å²) in [5, 5.41) is 3.65. The Bertz CT molecular complexity index is 478. The summed E-state index contributed by atoms with van der Waals surface area (Å²) in [7, 11) is 0. The Morgan fingerprint density at radius 3 is 2.76 bits per heavy atom. The maximum absolute atomic E-state index is 12.2. The van der Waals surface area contributed by atoms with Crippen LogP contribution < -0.4 is 11.1 Å². The molecular weight excluding hydrogens is 236 g/mol. The smallest absolute Gasteiger partial charge is 0.235 e. The number of halogens is 1. The molecule has 1 aliphatic carbocycles. The van der Waals surface area contributed by atoms with Crippen molar-refractivity contribution in [3.63, 3.8) is 0 Å². The molecule has 1 heterocycles. The fourth-order valence-corrected chi connectivity index (χ4v) is 3.19. The number of nitrogens with one attached hydrogen (secondary N) is 1. The molecule has 1 amide bonds. The highest BCUT2D eigenvalue weighted by Gasteiger charge is 2.48. The molecule has 2 aliphatic rings. The van der Waals surface area contributed by atoms with Crippen molar-refractivity contribution in [2.75, 3.05) is 5.32 Å². The van der Waals surface area contributed by atoms with Crippen molar-refractivity contribution >= 4 is 23.2 Å². The van der Waals surface area contributed by atoms with Gasteiger partial charge < -0.3 is 11.1 Å². The minimum absolute atomic E-state index is 0.113. The Morgan fingerprint density at radius 1 is 1.35 bits per heavy atom. The zero-order chi connectivity index (χ0) is 12.0. The Kier molecular flexibility index (Phi) is 2.42. The second-order valence-corrected chi connectivity index (χ2v) is 5.50.